The fourth-order valence-electron chi connectivity index (χ4n) is 3.52. The third-order valence-corrected chi connectivity index (χ3v) is 4.90. The zero-order valence-electron chi connectivity index (χ0n) is 11.2. The van der Waals surface area contributed by atoms with Crippen LogP contribution in [0.15, 0.2) is 24.3 Å². The smallest absolute Gasteiger partial charge is 0.0522 e. The van der Waals surface area contributed by atoms with Gasteiger partial charge in [-0.15, -0.1) is 0 Å². The molecular formula is C15H22ClN3. The molecule has 2 aliphatic heterocycles. The fourth-order valence-corrected chi connectivity index (χ4v) is 3.65. The molecule has 3 nitrogen and oxygen atoms in total. The molecule has 2 atom stereocenters. The lowest BCUT2D eigenvalue weighted by atomic mass is 9.83. The molecule has 0 amide bonds. The number of anilines is 1. The molecule has 2 aliphatic rings. The second-order valence-electron chi connectivity index (χ2n) is 5.90. The maximum absolute atomic E-state index is 6.09. The molecule has 3 rings (SSSR count). The van der Waals surface area contributed by atoms with Gasteiger partial charge in [-0.25, -0.2) is 0 Å². The van der Waals surface area contributed by atoms with E-state index >= 15 is 0 Å². The van der Waals surface area contributed by atoms with Crippen molar-refractivity contribution in [3.05, 3.63) is 29.3 Å². The first-order valence-corrected chi connectivity index (χ1v) is 7.56. The van der Waals surface area contributed by atoms with E-state index in [9.17, 15) is 0 Å². The average molecular weight is 280 g/mol. The van der Waals surface area contributed by atoms with Crippen LogP contribution in [-0.4, -0.2) is 36.1 Å². The van der Waals surface area contributed by atoms with Crippen molar-refractivity contribution < 1.29 is 0 Å². The van der Waals surface area contributed by atoms with E-state index in [4.69, 9.17) is 17.3 Å². The van der Waals surface area contributed by atoms with E-state index in [-0.39, 0.29) is 5.54 Å². The Hall–Kier alpha value is -0.770. The predicted molar refractivity (Wildman–Crippen MR) is 80.7 cm³/mol. The van der Waals surface area contributed by atoms with Gasteiger partial charge in [0.05, 0.1) is 5.54 Å². The zero-order valence-corrected chi connectivity index (χ0v) is 12.0. The van der Waals surface area contributed by atoms with Gasteiger partial charge in [0.2, 0.25) is 0 Å². The van der Waals surface area contributed by atoms with Crippen LogP contribution in [0.2, 0.25) is 5.02 Å². The van der Waals surface area contributed by atoms with Crippen molar-refractivity contribution in [2.24, 2.45) is 5.73 Å². The second kappa shape index (κ2) is 5.31. The van der Waals surface area contributed by atoms with Gasteiger partial charge in [0.1, 0.15) is 0 Å². The van der Waals surface area contributed by atoms with Gasteiger partial charge < -0.3 is 16.0 Å². The third-order valence-electron chi connectivity index (χ3n) is 4.65. The Morgan fingerprint density at radius 3 is 2.84 bits per heavy atom. The van der Waals surface area contributed by atoms with Gasteiger partial charge in [-0.1, -0.05) is 11.6 Å². The minimum atomic E-state index is 0.0549. The maximum atomic E-state index is 6.09. The van der Waals surface area contributed by atoms with Crippen LogP contribution in [-0.2, 0) is 0 Å². The van der Waals surface area contributed by atoms with Gasteiger partial charge in [0.25, 0.3) is 0 Å². The van der Waals surface area contributed by atoms with Crippen LogP contribution >= 0.6 is 11.6 Å². The lowest BCUT2D eigenvalue weighted by Gasteiger charge is -2.44. The molecule has 0 radical (unpaired) electrons. The summed E-state index contributed by atoms with van der Waals surface area (Å²) in [6, 6.07) is 8.66. The Morgan fingerprint density at radius 2 is 2.11 bits per heavy atom. The summed E-state index contributed by atoms with van der Waals surface area (Å²) in [5, 5.41) is 4.45. The molecule has 0 saturated carbocycles. The largest absolute Gasteiger partial charge is 0.378 e. The number of nitrogens with zero attached hydrogens (tertiary/aromatic N) is 1. The first-order valence-electron chi connectivity index (χ1n) is 7.19. The van der Waals surface area contributed by atoms with Crippen LogP contribution in [0.1, 0.15) is 25.7 Å². The Morgan fingerprint density at radius 1 is 1.32 bits per heavy atom. The molecule has 0 spiro atoms. The molecule has 3 N–H and O–H groups in total. The number of piperidine rings is 1. The average Bonchev–Trinajstić information content (AvgIpc) is 2.88. The van der Waals surface area contributed by atoms with Crippen molar-refractivity contribution in [1.82, 2.24) is 4.90 Å². The molecule has 0 bridgehead atoms. The van der Waals surface area contributed by atoms with Crippen LogP contribution in [0.25, 0.3) is 0 Å². The lowest BCUT2D eigenvalue weighted by molar-refractivity contribution is 0.145. The highest BCUT2D eigenvalue weighted by Crippen LogP contribution is 2.35. The van der Waals surface area contributed by atoms with Crippen LogP contribution in [0.5, 0.6) is 0 Å². The number of benzene rings is 1. The molecule has 2 fully saturated rings. The van der Waals surface area contributed by atoms with Crippen LogP contribution in [0, 0.1) is 0 Å². The lowest BCUT2D eigenvalue weighted by Crippen LogP contribution is -2.55. The Bertz CT molecular complexity index is 434. The topological polar surface area (TPSA) is 41.3 Å². The van der Waals surface area contributed by atoms with E-state index in [0.717, 1.165) is 29.6 Å². The number of nitrogens with two attached hydrogens (primary N) is 1. The molecule has 1 aromatic rings. The summed E-state index contributed by atoms with van der Waals surface area (Å²) in [6.07, 6.45) is 4.95. The van der Waals surface area contributed by atoms with Gasteiger partial charge in [0.15, 0.2) is 0 Å². The third kappa shape index (κ3) is 2.73. The van der Waals surface area contributed by atoms with Gasteiger partial charge in [-0.3, -0.25) is 0 Å². The molecule has 2 saturated heterocycles. The standard InChI is InChI=1S/C15H22ClN3/c16-12-3-5-13(6-4-12)18-15(11-17)7-9-19-8-1-2-14(19)10-15/h3-6,14,18H,1-2,7-11,17H2. The van der Waals surface area contributed by atoms with Crippen molar-refractivity contribution in [2.45, 2.75) is 37.3 Å². The van der Waals surface area contributed by atoms with E-state index in [1.54, 1.807) is 0 Å². The van der Waals surface area contributed by atoms with Crippen LogP contribution in [0.3, 0.4) is 0 Å². The molecule has 2 heterocycles. The number of fused-ring (bicyclic) bond motifs is 1. The van der Waals surface area contributed by atoms with Crippen molar-refractivity contribution in [2.75, 3.05) is 25.0 Å². The van der Waals surface area contributed by atoms with Crippen molar-refractivity contribution >= 4 is 17.3 Å². The maximum Gasteiger partial charge on any atom is 0.0522 e. The number of hydrogen-bond acceptors (Lipinski definition) is 3. The minimum absolute atomic E-state index is 0.0549. The summed E-state index contributed by atoms with van der Waals surface area (Å²) in [4.78, 5) is 2.62. The minimum Gasteiger partial charge on any atom is -0.378 e. The monoisotopic (exact) mass is 279 g/mol. The summed E-state index contributed by atoms with van der Waals surface area (Å²) in [5.41, 5.74) is 7.27. The first kappa shape index (κ1) is 13.2. The van der Waals surface area contributed by atoms with E-state index in [1.807, 2.05) is 24.3 Å². The number of rotatable bonds is 3. The molecular weight excluding hydrogens is 258 g/mol. The molecule has 2 unspecified atom stereocenters. The number of halogens is 1. The highest BCUT2D eigenvalue weighted by Gasteiger charge is 2.40. The number of nitrogens with one attached hydrogen (secondary N) is 1. The Labute approximate surface area is 120 Å². The fraction of sp³-hybridized carbons (Fsp3) is 0.600. The van der Waals surface area contributed by atoms with Gasteiger partial charge in [-0.05, 0) is 56.5 Å². The summed E-state index contributed by atoms with van der Waals surface area (Å²) in [7, 11) is 0. The van der Waals surface area contributed by atoms with Crippen LogP contribution < -0.4 is 11.1 Å². The molecule has 0 aliphatic carbocycles. The summed E-state index contributed by atoms with van der Waals surface area (Å²) in [5.74, 6) is 0. The normalized spacial score (nSPS) is 31.2. The van der Waals surface area contributed by atoms with Gasteiger partial charge in [-0.2, -0.15) is 0 Å². The Balaban J connectivity index is 1.74. The van der Waals surface area contributed by atoms with Crippen molar-refractivity contribution in [3.63, 3.8) is 0 Å². The van der Waals surface area contributed by atoms with Gasteiger partial charge >= 0.3 is 0 Å². The van der Waals surface area contributed by atoms with Gasteiger partial charge in [0, 0.05) is 29.8 Å². The van der Waals surface area contributed by atoms with Crippen molar-refractivity contribution in [3.8, 4) is 0 Å². The van der Waals surface area contributed by atoms with Crippen LogP contribution in [0.4, 0.5) is 5.69 Å². The number of hydrogen-bond donors (Lipinski definition) is 2. The van der Waals surface area contributed by atoms with E-state index < -0.39 is 0 Å². The van der Waals surface area contributed by atoms with E-state index in [1.165, 1.54) is 25.9 Å². The molecule has 0 aromatic heterocycles. The SMILES string of the molecule is NCC1(Nc2ccc(Cl)cc2)CCN2CCCC2C1. The molecule has 104 valence electrons. The summed E-state index contributed by atoms with van der Waals surface area (Å²) >= 11 is 5.94. The first-order chi connectivity index (χ1) is 9.21. The molecule has 4 heteroatoms. The quantitative estimate of drug-likeness (QED) is 0.894. The predicted octanol–water partition coefficient (Wildman–Crippen LogP) is 2.71. The Kier molecular flexibility index (Phi) is 3.70. The second-order valence-corrected chi connectivity index (χ2v) is 6.34. The molecule has 1 aromatic carbocycles. The van der Waals surface area contributed by atoms with Crippen molar-refractivity contribution in [1.29, 1.82) is 0 Å². The molecule has 19 heavy (non-hydrogen) atoms. The van der Waals surface area contributed by atoms with E-state index in [2.05, 4.69) is 10.2 Å². The summed E-state index contributed by atoms with van der Waals surface area (Å²) in [6.45, 7) is 3.13. The van der Waals surface area contributed by atoms with E-state index in [0.29, 0.717) is 6.54 Å². The highest BCUT2D eigenvalue weighted by molar-refractivity contribution is 6.30. The zero-order chi connectivity index (χ0) is 13.3. The highest BCUT2D eigenvalue weighted by atomic mass is 35.5. The summed E-state index contributed by atoms with van der Waals surface area (Å²) < 4.78 is 0.